The van der Waals surface area contributed by atoms with Gasteiger partial charge in [0.25, 0.3) is 0 Å². The molecule has 0 radical (unpaired) electrons. The van der Waals surface area contributed by atoms with Gasteiger partial charge in [0.15, 0.2) is 17.3 Å². The highest BCUT2D eigenvalue weighted by Gasteiger charge is 2.42. The van der Waals surface area contributed by atoms with E-state index < -0.39 is 10.0 Å². The summed E-state index contributed by atoms with van der Waals surface area (Å²) in [6.07, 6.45) is 4.98. The van der Waals surface area contributed by atoms with E-state index in [1.165, 1.54) is 0 Å². The van der Waals surface area contributed by atoms with Crippen LogP contribution in [0.15, 0.2) is 22.7 Å². The quantitative estimate of drug-likeness (QED) is 0.782. The van der Waals surface area contributed by atoms with Crippen LogP contribution >= 0.6 is 0 Å². The van der Waals surface area contributed by atoms with Gasteiger partial charge in [-0.2, -0.15) is 4.98 Å². The second-order valence-corrected chi connectivity index (χ2v) is 8.30. The van der Waals surface area contributed by atoms with E-state index in [0.717, 1.165) is 37.5 Å². The fourth-order valence-corrected chi connectivity index (χ4v) is 3.85. The molecule has 0 aliphatic heterocycles. The minimum absolute atomic E-state index is 0.0200. The molecule has 2 aromatic rings. The molecule has 1 saturated carbocycles. The second-order valence-electron chi connectivity index (χ2n) is 6.46. The molecule has 0 atom stereocenters. The summed E-state index contributed by atoms with van der Waals surface area (Å²) in [4.78, 5) is 4.47. The summed E-state index contributed by atoms with van der Waals surface area (Å²) in [5, 5.41) is 4.15. The monoisotopic (exact) mass is 381 g/mol. The average molecular weight is 381 g/mol. The molecule has 1 aromatic carbocycles. The molecule has 0 bridgehead atoms. The zero-order valence-corrected chi connectivity index (χ0v) is 15.9. The lowest BCUT2D eigenvalue weighted by Crippen LogP contribution is -2.26. The van der Waals surface area contributed by atoms with E-state index >= 15 is 0 Å². The van der Waals surface area contributed by atoms with Crippen LogP contribution in [0.4, 0.5) is 0 Å². The van der Waals surface area contributed by atoms with Crippen LogP contribution in [0, 0.1) is 0 Å². The first-order chi connectivity index (χ1) is 12.4. The third kappa shape index (κ3) is 3.68. The Hall–Kier alpha value is -2.13. The van der Waals surface area contributed by atoms with Gasteiger partial charge in [0.05, 0.1) is 32.4 Å². The highest BCUT2D eigenvalue weighted by molar-refractivity contribution is 7.88. The van der Waals surface area contributed by atoms with Crippen LogP contribution in [0.2, 0.25) is 0 Å². The molecule has 0 unspecified atom stereocenters. The van der Waals surface area contributed by atoms with E-state index in [2.05, 4.69) is 14.9 Å². The Bertz CT molecular complexity index is 872. The number of hydrogen-bond acceptors (Lipinski definition) is 7. The highest BCUT2D eigenvalue weighted by Crippen LogP contribution is 2.47. The van der Waals surface area contributed by atoms with Crippen molar-refractivity contribution in [2.75, 3.05) is 20.5 Å². The van der Waals surface area contributed by atoms with E-state index in [-0.39, 0.29) is 17.9 Å². The van der Waals surface area contributed by atoms with Crippen molar-refractivity contribution in [1.82, 2.24) is 14.9 Å². The fraction of sp³-hybridized carbons (Fsp3) is 0.529. The Labute approximate surface area is 152 Å². The normalized spacial score (nSPS) is 16.6. The van der Waals surface area contributed by atoms with Crippen LogP contribution in [-0.2, 0) is 22.0 Å². The van der Waals surface area contributed by atoms with Crippen LogP contribution in [0.3, 0.4) is 0 Å². The Morgan fingerprint density at radius 3 is 2.50 bits per heavy atom. The number of benzene rings is 1. The van der Waals surface area contributed by atoms with Gasteiger partial charge in [0.2, 0.25) is 15.9 Å². The van der Waals surface area contributed by atoms with Crippen molar-refractivity contribution in [2.24, 2.45) is 0 Å². The molecule has 1 aliphatic rings. The molecule has 9 heteroatoms. The molecule has 0 saturated heterocycles. The third-order valence-electron chi connectivity index (χ3n) is 4.77. The van der Waals surface area contributed by atoms with Gasteiger partial charge in [-0.15, -0.1) is 0 Å². The molecule has 1 N–H and O–H groups in total. The van der Waals surface area contributed by atoms with Gasteiger partial charge in [-0.25, -0.2) is 13.1 Å². The summed E-state index contributed by atoms with van der Waals surface area (Å²) < 4.78 is 40.9. The molecular weight excluding hydrogens is 358 g/mol. The number of methoxy groups -OCH3 is 2. The van der Waals surface area contributed by atoms with Crippen molar-refractivity contribution in [1.29, 1.82) is 0 Å². The van der Waals surface area contributed by atoms with Gasteiger partial charge in [-0.1, -0.05) is 24.1 Å². The van der Waals surface area contributed by atoms with Gasteiger partial charge in [0, 0.05) is 0 Å². The number of aromatic nitrogens is 2. The van der Waals surface area contributed by atoms with Gasteiger partial charge in [-0.05, 0) is 30.5 Å². The van der Waals surface area contributed by atoms with Crippen LogP contribution in [0.5, 0.6) is 11.5 Å². The van der Waals surface area contributed by atoms with Crippen molar-refractivity contribution in [2.45, 2.75) is 37.6 Å². The Balaban J connectivity index is 1.95. The second kappa shape index (κ2) is 7.24. The molecule has 26 heavy (non-hydrogen) atoms. The summed E-state index contributed by atoms with van der Waals surface area (Å²) in [7, 11) is -0.121. The minimum Gasteiger partial charge on any atom is -0.493 e. The first-order valence-electron chi connectivity index (χ1n) is 8.38. The third-order valence-corrected chi connectivity index (χ3v) is 5.44. The number of hydrogen-bond donors (Lipinski definition) is 1. The molecular formula is C17H23N3O5S. The van der Waals surface area contributed by atoms with E-state index in [9.17, 15) is 8.42 Å². The van der Waals surface area contributed by atoms with Crippen LogP contribution in [0.1, 0.15) is 43.0 Å². The average Bonchev–Trinajstić information content (AvgIpc) is 3.28. The zero-order valence-electron chi connectivity index (χ0n) is 15.1. The molecule has 1 aromatic heterocycles. The van der Waals surface area contributed by atoms with Crippen molar-refractivity contribution >= 4 is 10.0 Å². The fourth-order valence-electron chi connectivity index (χ4n) is 3.47. The Kier molecular flexibility index (Phi) is 5.19. The molecule has 1 heterocycles. The smallest absolute Gasteiger partial charge is 0.241 e. The maximum absolute atomic E-state index is 11.3. The molecule has 142 valence electrons. The number of nitrogens with one attached hydrogen (secondary N) is 1. The number of nitrogens with zero attached hydrogens (tertiary/aromatic N) is 2. The van der Waals surface area contributed by atoms with Gasteiger partial charge >= 0.3 is 0 Å². The zero-order chi connectivity index (χ0) is 18.8. The van der Waals surface area contributed by atoms with Crippen molar-refractivity contribution in [3.05, 3.63) is 35.5 Å². The molecule has 3 rings (SSSR count). The van der Waals surface area contributed by atoms with Crippen molar-refractivity contribution < 1.29 is 22.4 Å². The molecule has 8 nitrogen and oxygen atoms in total. The maximum atomic E-state index is 11.3. The first-order valence-corrected chi connectivity index (χ1v) is 10.3. The largest absolute Gasteiger partial charge is 0.493 e. The molecule has 0 spiro atoms. The summed E-state index contributed by atoms with van der Waals surface area (Å²) >= 11 is 0. The van der Waals surface area contributed by atoms with E-state index in [1.54, 1.807) is 14.2 Å². The number of sulfonamides is 1. The lowest BCUT2D eigenvalue weighted by atomic mass is 9.78. The SMILES string of the molecule is COc1ccc(C2(c3noc(CNS(C)(=O)=O)n3)CCCC2)cc1OC. The van der Waals surface area contributed by atoms with Crippen LogP contribution in [0.25, 0.3) is 0 Å². The van der Waals surface area contributed by atoms with E-state index in [4.69, 9.17) is 14.0 Å². The lowest BCUT2D eigenvalue weighted by Gasteiger charge is -2.26. The minimum atomic E-state index is -3.32. The summed E-state index contributed by atoms with van der Waals surface area (Å²) in [5.41, 5.74) is 0.669. The van der Waals surface area contributed by atoms with Crippen LogP contribution in [-0.4, -0.2) is 39.0 Å². The van der Waals surface area contributed by atoms with E-state index in [1.807, 2.05) is 18.2 Å². The Morgan fingerprint density at radius 2 is 1.88 bits per heavy atom. The lowest BCUT2D eigenvalue weighted by molar-refractivity contribution is 0.349. The predicted octanol–water partition coefficient (Wildman–Crippen LogP) is 2.00. The summed E-state index contributed by atoms with van der Waals surface area (Å²) in [5.74, 6) is 2.14. The van der Waals surface area contributed by atoms with Gasteiger partial charge < -0.3 is 14.0 Å². The van der Waals surface area contributed by atoms with E-state index in [0.29, 0.717) is 17.3 Å². The Morgan fingerprint density at radius 1 is 1.19 bits per heavy atom. The topological polar surface area (TPSA) is 104 Å². The summed E-state index contributed by atoms with van der Waals surface area (Å²) in [6.45, 7) is -0.0200. The first kappa shape index (κ1) is 18.7. The van der Waals surface area contributed by atoms with Crippen molar-refractivity contribution in [3.8, 4) is 11.5 Å². The van der Waals surface area contributed by atoms with Crippen molar-refractivity contribution in [3.63, 3.8) is 0 Å². The summed E-state index contributed by atoms with van der Waals surface area (Å²) in [6, 6.07) is 5.83. The molecule has 1 fully saturated rings. The standard InChI is InChI=1S/C17H23N3O5S/c1-23-13-7-6-12(10-14(13)24-2)17(8-4-5-9-17)16-19-15(25-20-16)11-18-26(3,21)22/h6-7,10,18H,4-5,8-9,11H2,1-3H3. The van der Waals surface area contributed by atoms with Gasteiger partial charge in [-0.3, -0.25) is 0 Å². The molecule has 1 aliphatic carbocycles. The van der Waals surface area contributed by atoms with Gasteiger partial charge in [0.1, 0.15) is 0 Å². The number of rotatable bonds is 7. The maximum Gasteiger partial charge on any atom is 0.241 e. The highest BCUT2D eigenvalue weighted by atomic mass is 32.2. The predicted molar refractivity (Wildman–Crippen MR) is 94.8 cm³/mol. The van der Waals surface area contributed by atoms with Crippen LogP contribution < -0.4 is 14.2 Å². The number of ether oxygens (including phenoxy) is 2. The molecule has 0 amide bonds.